The van der Waals surface area contributed by atoms with Gasteiger partial charge in [0, 0.05) is 25.3 Å². The number of oxazole rings is 1. The fraction of sp³-hybridized carbons (Fsp3) is 0.600. The Morgan fingerprint density at radius 2 is 2.00 bits per heavy atom. The molecule has 0 radical (unpaired) electrons. The molecule has 3 aliphatic rings. The molecule has 2 aromatic rings. The van der Waals surface area contributed by atoms with Gasteiger partial charge < -0.3 is 24.1 Å². The molecule has 0 spiro atoms. The molecule has 2 atom stereocenters. The predicted octanol–water partition coefficient (Wildman–Crippen LogP) is 4.73. The van der Waals surface area contributed by atoms with Gasteiger partial charge in [0.25, 0.3) is 11.9 Å². The van der Waals surface area contributed by atoms with E-state index in [0.717, 1.165) is 31.1 Å². The van der Waals surface area contributed by atoms with Crippen LogP contribution in [-0.4, -0.2) is 42.8 Å². The van der Waals surface area contributed by atoms with Crippen LogP contribution in [0.4, 0.5) is 16.1 Å². The molecule has 178 valence electrons. The molecule has 1 aromatic carbocycles. The van der Waals surface area contributed by atoms with Crippen LogP contribution in [0.1, 0.15) is 61.3 Å². The number of hydrogen-bond donors (Lipinski definition) is 1. The standard InChI is InChI=1S/C25H32FN3O4/c1-5-20-21(28-24(33-20)29-12-25(6-2,13-29)31-4)23(30)27-17-7-14(3)22(19(26)11-17)32-18-9-15-8-16(15)10-18/h7,11,15-16,18H,5-6,8-10,12-13H2,1-4H3,(H,27,30). The number of ether oxygens (including phenoxy) is 2. The highest BCUT2D eigenvalue weighted by atomic mass is 19.1. The van der Waals surface area contributed by atoms with Gasteiger partial charge in [-0.05, 0) is 56.1 Å². The molecule has 1 amide bonds. The van der Waals surface area contributed by atoms with Crippen molar-refractivity contribution < 1.29 is 23.1 Å². The van der Waals surface area contributed by atoms with E-state index in [-0.39, 0.29) is 23.1 Å². The molecule has 7 nitrogen and oxygen atoms in total. The number of rotatable bonds is 8. The second-order valence-corrected chi connectivity index (χ2v) is 9.74. The Kier molecular flexibility index (Phi) is 5.59. The zero-order valence-electron chi connectivity index (χ0n) is 19.7. The number of aromatic nitrogens is 1. The molecule has 1 N–H and O–H groups in total. The molecular weight excluding hydrogens is 425 g/mol. The van der Waals surface area contributed by atoms with E-state index in [4.69, 9.17) is 13.9 Å². The Balaban J connectivity index is 1.28. The molecule has 0 bridgehead atoms. The van der Waals surface area contributed by atoms with E-state index in [9.17, 15) is 9.18 Å². The number of carbonyl (C=O) groups is 1. The van der Waals surface area contributed by atoms with E-state index in [1.165, 1.54) is 12.5 Å². The van der Waals surface area contributed by atoms with Crippen molar-refractivity contribution in [1.29, 1.82) is 0 Å². The smallest absolute Gasteiger partial charge is 0.298 e. The van der Waals surface area contributed by atoms with Gasteiger partial charge in [-0.1, -0.05) is 13.8 Å². The van der Waals surface area contributed by atoms with E-state index < -0.39 is 11.7 Å². The maximum Gasteiger partial charge on any atom is 0.298 e. The lowest BCUT2D eigenvalue weighted by molar-refractivity contribution is -0.0379. The van der Waals surface area contributed by atoms with Gasteiger partial charge in [0.05, 0.1) is 19.2 Å². The second kappa shape index (κ2) is 8.31. The number of nitrogens with one attached hydrogen (secondary N) is 1. The molecule has 1 aromatic heterocycles. The Morgan fingerprint density at radius 3 is 2.61 bits per heavy atom. The number of nitrogens with zero attached hydrogens (tertiary/aromatic N) is 2. The molecule has 2 heterocycles. The Labute approximate surface area is 193 Å². The first-order valence-corrected chi connectivity index (χ1v) is 11.9. The number of amides is 1. The lowest BCUT2D eigenvalue weighted by atomic mass is 9.91. The summed E-state index contributed by atoms with van der Waals surface area (Å²) in [7, 11) is 1.71. The van der Waals surface area contributed by atoms with Gasteiger partial charge in [-0.3, -0.25) is 4.79 Å². The SMILES string of the molecule is CCc1oc(N2CC(CC)(OC)C2)nc1C(=O)Nc1cc(C)c(OC2CC3CC3C2)c(F)c1. The van der Waals surface area contributed by atoms with Crippen LogP contribution in [0, 0.1) is 24.6 Å². The summed E-state index contributed by atoms with van der Waals surface area (Å²) in [6, 6.07) is 3.47. The molecular formula is C25H32FN3O4. The van der Waals surface area contributed by atoms with Crippen molar-refractivity contribution in [3.63, 3.8) is 0 Å². The van der Waals surface area contributed by atoms with Crippen LogP contribution in [0.25, 0.3) is 0 Å². The number of fused-ring (bicyclic) bond motifs is 1. The number of aryl methyl sites for hydroxylation is 2. The molecule has 2 saturated carbocycles. The van der Waals surface area contributed by atoms with Gasteiger partial charge in [-0.2, -0.15) is 4.98 Å². The average molecular weight is 458 g/mol. The highest BCUT2D eigenvalue weighted by molar-refractivity contribution is 6.03. The van der Waals surface area contributed by atoms with Gasteiger partial charge in [0.15, 0.2) is 17.3 Å². The first-order chi connectivity index (χ1) is 15.8. The van der Waals surface area contributed by atoms with Crippen LogP contribution in [0.2, 0.25) is 0 Å². The topological polar surface area (TPSA) is 76.8 Å². The summed E-state index contributed by atoms with van der Waals surface area (Å²) in [4.78, 5) is 19.4. The Hall–Kier alpha value is -2.61. The zero-order valence-corrected chi connectivity index (χ0v) is 19.7. The third-order valence-corrected chi connectivity index (χ3v) is 7.50. The van der Waals surface area contributed by atoms with Gasteiger partial charge in [-0.15, -0.1) is 0 Å². The van der Waals surface area contributed by atoms with Gasteiger partial charge >= 0.3 is 0 Å². The molecule has 5 rings (SSSR count). The van der Waals surface area contributed by atoms with Crippen LogP contribution < -0.4 is 15.0 Å². The van der Waals surface area contributed by atoms with Crippen LogP contribution in [0.5, 0.6) is 5.75 Å². The van der Waals surface area contributed by atoms with Crippen molar-refractivity contribution in [3.05, 3.63) is 35.0 Å². The summed E-state index contributed by atoms with van der Waals surface area (Å²) in [6.07, 6.45) is 4.82. The summed E-state index contributed by atoms with van der Waals surface area (Å²) >= 11 is 0. The molecule has 33 heavy (non-hydrogen) atoms. The minimum Gasteiger partial charge on any atom is -0.487 e. The number of hydrogen-bond acceptors (Lipinski definition) is 6. The van der Waals surface area contributed by atoms with E-state index >= 15 is 0 Å². The predicted molar refractivity (Wildman–Crippen MR) is 122 cm³/mol. The summed E-state index contributed by atoms with van der Waals surface area (Å²) < 4.78 is 32.3. The molecule has 2 aliphatic carbocycles. The van der Waals surface area contributed by atoms with Crippen molar-refractivity contribution in [2.75, 3.05) is 30.4 Å². The number of carbonyl (C=O) groups excluding carboxylic acids is 1. The molecule has 1 saturated heterocycles. The second-order valence-electron chi connectivity index (χ2n) is 9.74. The Bertz CT molecular complexity index is 1020. The van der Waals surface area contributed by atoms with Crippen LogP contribution in [-0.2, 0) is 11.2 Å². The van der Waals surface area contributed by atoms with E-state index in [1.54, 1.807) is 20.1 Å². The minimum absolute atomic E-state index is 0.0918. The third kappa shape index (κ3) is 4.09. The largest absolute Gasteiger partial charge is 0.487 e. The molecule has 2 unspecified atom stereocenters. The summed E-state index contributed by atoms with van der Waals surface area (Å²) in [5.41, 5.74) is 1.07. The highest BCUT2D eigenvalue weighted by Gasteiger charge is 2.47. The maximum atomic E-state index is 14.8. The fourth-order valence-electron chi connectivity index (χ4n) is 5.24. The first-order valence-electron chi connectivity index (χ1n) is 11.9. The first kappa shape index (κ1) is 22.2. The van der Waals surface area contributed by atoms with Gasteiger partial charge in [-0.25, -0.2) is 4.39 Å². The number of anilines is 2. The van der Waals surface area contributed by atoms with Crippen LogP contribution in [0.3, 0.4) is 0 Å². The minimum atomic E-state index is -0.460. The van der Waals surface area contributed by atoms with Crippen molar-refractivity contribution in [2.24, 2.45) is 11.8 Å². The quantitative estimate of drug-likeness (QED) is 0.618. The van der Waals surface area contributed by atoms with Crippen molar-refractivity contribution >= 4 is 17.6 Å². The number of methoxy groups -OCH3 is 1. The number of benzene rings is 1. The van der Waals surface area contributed by atoms with E-state index in [0.29, 0.717) is 42.5 Å². The highest BCUT2D eigenvalue weighted by Crippen LogP contribution is 2.52. The summed E-state index contributed by atoms with van der Waals surface area (Å²) in [6.45, 7) is 7.12. The maximum absolute atomic E-state index is 14.8. The van der Waals surface area contributed by atoms with Crippen molar-refractivity contribution in [2.45, 2.75) is 64.6 Å². The molecule has 3 fully saturated rings. The average Bonchev–Trinajstić information content (AvgIpc) is 3.18. The lowest BCUT2D eigenvalue weighted by Gasteiger charge is -2.47. The summed E-state index contributed by atoms with van der Waals surface area (Å²) in [5.74, 6) is 1.44. The van der Waals surface area contributed by atoms with Crippen molar-refractivity contribution in [3.8, 4) is 5.75 Å². The third-order valence-electron chi connectivity index (χ3n) is 7.50. The van der Waals surface area contributed by atoms with E-state index in [2.05, 4.69) is 17.2 Å². The number of halogens is 1. The fourth-order valence-corrected chi connectivity index (χ4v) is 5.24. The normalized spacial score (nSPS) is 24.9. The van der Waals surface area contributed by atoms with E-state index in [1.807, 2.05) is 11.8 Å². The summed E-state index contributed by atoms with van der Waals surface area (Å²) in [5, 5.41) is 2.78. The molecule has 1 aliphatic heterocycles. The van der Waals surface area contributed by atoms with Gasteiger partial charge in [0.2, 0.25) is 0 Å². The van der Waals surface area contributed by atoms with Crippen LogP contribution >= 0.6 is 0 Å². The van der Waals surface area contributed by atoms with Crippen molar-refractivity contribution in [1.82, 2.24) is 4.98 Å². The molecule has 8 heteroatoms. The monoisotopic (exact) mass is 457 g/mol. The van der Waals surface area contributed by atoms with Crippen LogP contribution in [0.15, 0.2) is 16.5 Å². The zero-order chi connectivity index (χ0) is 23.3. The van der Waals surface area contributed by atoms with Gasteiger partial charge in [0.1, 0.15) is 11.4 Å². The Morgan fingerprint density at radius 1 is 1.27 bits per heavy atom. The lowest BCUT2D eigenvalue weighted by Crippen LogP contribution is -2.62.